The Balaban J connectivity index is 1.83. The van der Waals surface area contributed by atoms with Crippen LogP contribution in [0, 0.1) is 11.2 Å². The van der Waals surface area contributed by atoms with Gasteiger partial charge < -0.3 is 16.5 Å². The van der Waals surface area contributed by atoms with Crippen molar-refractivity contribution in [2.45, 2.75) is 19.8 Å². The van der Waals surface area contributed by atoms with Crippen molar-refractivity contribution in [3.05, 3.63) is 64.7 Å². The fourth-order valence-corrected chi connectivity index (χ4v) is 4.66. The topological polar surface area (TPSA) is 91.7 Å². The van der Waals surface area contributed by atoms with Crippen molar-refractivity contribution in [1.29, 1.82) is 0 Å². The zero-order valence-corrected chi connectivity index (χ0v) is 17.0. The Morgan fingerprint density at radius 3 is 2.75 bits per heavy atom. The normalized spacial score (nSPS) is 26.1. The molecule has 0 radical (unpaired) electrons. The van der Waals surface area contributed by atoms with E-state index in [9.17, 15) is 4.39 Å². The van der Waals surface area contributed by atoms with Gasteiger partial charge in [0.05, 0.1) is 11.4 Å². The Kier molecular flexibility index (Phi) is 6.43. The molecule has 6 N–H and O–H groups in total. The van der Waals surface area contributed by atoms with Crippen molar-refractivity contribution in [3.63, 3.8) is 0 Å². The Bertz CT molecular complexity index is 830. The summed E-state index contributed by atoms with van der Waals surface area (Å²) in [7, 11) is 1.88. The van der Waals surface area contributed by atoms with Gasteiger partial charge in [0.15, 0.2) is 0 Å². The predicted molar refractivity (Wildman–Crippen MR) is 115 cm³/mol. The molecule has 0 bridgehead atoms. The molecule has 1 aliphatic carbocycles. The molecule has 1 aromatic rings. The number of piperidine rings is 1. The summed E-state index contributed by atoms with van der Waals surface area (Å²) in [5.74, 6) is 5.14. The van der Waals surface area contributed by atoms with E-state index in [1.165, 1.54) is 17.7 Å². The summed E-state index contributed by atoms with van der Waals surface area (Å²) in [5, 5.41) is 4.10. The molecular weight excluding hydrogens is 375 g/mol. The number of rotatable bonds is 5. The molecule has 8 heteroatoms. The molecule has 1 saturated heterocycles. The molecule has 1 unspecified atom stereocenters. The number of fused-ring (bicyclic) bond motifs is 1. The molecule has 0 aromatic heterocycles. The molecule has 150 valence electrons. The first-order valence-electron chi connectivity index (χ1n) is 9.21. The number of nitrogens with two attached hydrogens (primary N) is 2. The first-order chi connectivity index (χ1) is 13.5. The first kappa shape index (κ1) is 20.4. The third-order valence-electron chi connectivity index (χ3n) is 5.12. The Labute approximate surface area is 169 Å². The largest absolute Gasteiger partial charge is 0.404 e. The summed E-state index contributed by atoms with van der Waals surface area (Å²) in [6.07, 6.45) is 7.32. The Morgan fingerprint density at radius 1 is 1.36 bits per heavy atom. The summed E-state index contributed by atoms with van der Waals surface area (Å²) in [4.78, 5) is 4.70. The zero-order chi connectivity index (χ0) is 20.1. The van der Waals surface area contributed by atoms with E-state index in [4.69, 9.17) is 16.6 Å². The highest BCUT2D eigenvalue weighted by atomic mass is 32.2. The van der Waals surface area contributed by atoms with Gasteiger partial charge in [-0.2, -0.15) is 0 Å². The summed E-state index contributed by atoms with van der Waals surface area (Å²) in [6, 6.07) is 6.20. The Morgan fingerprint density at radius 2 is 2.11 bits per heavy atom. The van der Waals surface area contributed by atoms with E-state index in [1.807, 2.05) is 7.05 Å². The van der Waals surface area contributed by atoms with Gasteiger partial charge in [-0.15, -0.1) is 0 Å². The van der Waals surface area contributed by atoms with Gasteiger partial charge >= 0.3 is 0 Å². The third-order valence-corrected chi connectivity index (χ3v) is 6.21. The van der Waals surface area contributed by atoms with Gasteiger partial charge in [-0.1, -0.05) is 12.5 Å². The second-order valence-corrected chi connectivity index (χ2v) is 8.34. The van der Waals surface area contributed by atoms with E-state index < -0.39 is 0 Å². The number of hydrogen-bond acceptors (Lipinski definition) is 7. The second kappa shape index (κ2) is 8.81. The number of nitrogens with zero attached hydrogens (tertiary/aromatic N) is 2. The van der Waals surface area contributed by atoms with Crippen LogP contribution < -0.4 is 22.3 Å². The van der Waals surface area contributed by atoms with Crippen LogP contribution in [0.15, 0.2) is 63.9 Å². The smallest absolute Gasteiger partial charge is 0.123 e. The molecule has 6 nitrogen and oxygen atoms in total. The lowest BCUT2D eigenvalue weighted by molar-refractivity contribution is 0.246. The molecule has 1 heterocycles. The molecule has 1 atom stereocenters. The number of hydrazine groups is 1. The van der Waals surface area contributed by atoms with Crippen LogP contribution in [-0.2, 0) is 0 Å². The fourth-order valence-electron chi connectivity index (χ4n) is 3.64. The number of halogens is 1. The summed E-state index contributed by atoms with van der Waals surface area (Å²) < 4.78 is 15.5. The summed E-state index contributed by atoms with van der Waals surface area (Å²) in [5.41, 5.74) is 12.5. The minimum Gasteiger partial charge on any atom is -0.404 e. The maximum atomic E-state index is 13.2. The average molecular weight is 403 g/mol. The number of hydrogen-bond donors (Lipinski definition) is 4. The van der Waals surface area contributed by atoms with Crippen molar-refractivity contribution >= 4 is 23.3 Å². The molecule has 2 aliphatic rings. The molecule has 0 spiro atoms. The molecule has 28 heavy (non-hydrogen) atoms. The summed E-state index contributed by atoms with van der Waals surface area (Å²) in [6.45, 7) is 4.10. The van der Waals surface area contributed by atoms with Crippen LogP contribution in [-0.4, -0.2) is 30.2 Å². The molecule has 0 saturated carbocycles. The van der Waals surface area contributed by atoms with Gasteiger partial charge in [-0.05, 0) is 66.9 Å². The SMILES string of the molecule is CN/C(=C\NN)SN1CCC2=CC(=Nc3ccc(F)cc3)C(=CN)CC2(C)C1. The number of allylic oxidation sites excluding steroid dienone is 2. The molecule has 3 rings (SSSR count). The van der Waals surface area contributed by atoms with E-state index in [2.05, 4.69) is 28.0 Å². The van der Waals surface area contributed by atoms with Crippen LogP contribution >= 0.6 is 11.9 Å². The standard InChI is InChI=1S/C20H27FN6S/c1-20-10-14(11-22)18(26-17-5-3-16(21)4-6-17)9-15(20)7-8-27(13-20)28-19(24-2)12-25-23/h3-6,9,11-12,24-25H,7-8,10,13,22-23H2,1-2H3/b14-11?,19-12+,26-18?. The molecule has 0 amide bonds. The minimum atomic E-state index is -0.266. The molecule has 1 aromatic carbocycles. The fraction of sp³-hybridized carbons (Fsp3) is 0.350. The van der Waals surface area contributed by atoms with E-state index in [0.29, 0.717) is 0 Å². The van der Waals surface area contributed by atoms with Crippen LogP contribution in [0.25, 0.3) is 0 Å². The van der Waals surface area contributed by atoms with E-state index in [1.54, 1.807) is 36.5 Å². The zero-order valence-electron chi connectivity index (χ0n) is 16.2. The number of aliphatic imine (C=N–C) groups is 1. The molecule has 1 fully saturated rings. The molecule has 1 aliphatic heterocycles. The van der Waals surface area contributed by atoms with Crippen molar-refractivity contribution in [1.82, 2.24) is 15.0 Å². The average Bonchev–Trinajstić information content (AvgIpc) is 2.69. The number of nitrogens with one attached hydrogen (secondary N) is 2. The van der Waals surface area contributed by atoms with Gasteiger partial charge in [-0.3, -0.25) is 5.84 Å². The predicted octanol–water partition coefficient (Wildman–Crippen LogP) is 2.91. The van der Waals surface area contributed by atoms with Crippen molar-refractivity contribution in [3.8, 4) is 0 Å². The molecular formula is C20H27FN6S. The summed E-state index contributed by atoms with van der Waals surface area (Å²) >= 11 is 1.66. The lowest BCUT2D eigenvalue weighted by atomic mass is 9.69. The highest BCUT2D eigenvalue weighted by Crippen LogP contribution is 2.45. The lowest BCUT2D eigenvalue weighted by Gasteiger charge is -2.45. The maximum Gasteiger partial charge on any atom is 0.123 e. The van der Waals surface area contributed by atoms with Gasteiger partial charge in [0, 0.05) is 31.8 Å². The van der Waals surface area contributed by atoms with Crippen molar-refractivity contribution in [2.24, 2.45) is 22.0 Å². The quantitative estimate of drug-likeness (QED) is 0.344. The monoisotopic (exact) mass is 402 g/mol. The van der Waals surface area contributed by atoms with Gasteiger partial charge in [0.1, 0.15) is 10.8 Å². The highest BCUT2D eigenvalue weighted by Gasteiger charge is 2.39. The van der Waals surface area contributed by atoms with E-state index >= 15 is 0 Å². The van der Waals surface area contributed by atoms with Gasteiger partial charge in [0.2, 0.25) is 0 Å². The Hall–Kier alpha value is -2.29. The van der Waals surface area contributed by atoms with Crippen LogP contribution in [0.3, 0.4) is 0 Å². The van der Waals surface area contributed by atoms with Crippen LogP contribution in [0.4, 0.5) is 10.1 Å². The highest BCUT2D eigenvalue weighted by molar-refractivity contribution is 8.00. The second-order valence-electron chi connectivity index (χ2n) is 7.20. The van der Waals surface area contributed by atoms with Gasteiger partial charge in [0.25, 0.3) is 0 Å². The lowest BCUT2D eigenvalue weighted by Crippen LogP contribution is -2.43. The van der Waals surface area contributed by atoms with Crippen LogP contribution in [0.2, 0.25) is 0 Å². The van der Waals surface area contributed by atoms with E-state index in [0.717, 1.165) is 47.9 Å². The minimum absolute atomic E-state index is 0.00668. The number of benzene rings is 1. The first-order valence-corrected chi connectivity index (χ1v) is 9.98. The van der Waals surface area contributed by atoms with E-state index in [-0.39, 0.29) is 11.2 Å². The van der Waals surface area contributed by atoms with Crippen LogP contribution in [0.1, 0.15) is 19.8 Å². The van der Waals surface area contributed by atoms with Crippen molar-refractivity contribution in [2.75, 3.05) is 20.1 Å². The maximum absolute atomic E-state index is 13.2. The third kappa shape index (κ3) is 4.57. The van der Waals surface area contributed by atoms with Gasteiger partial charge in [-0.25, -0.2) is 13.7 Å². The van der Waals surface area contributed by atoms with Crippen LogP contribution in [0.5, 0.6) is 0 Å². The van der Waals surface area contributed by atoms with Crippen molar-refractivity contribution < 1.29 is 4.39 Å².